The van der Waals surface area contributed by atoms with E-state index < -0.39 is 0 Å². The molecule has 0 saturated heterocycles. The smallest absolute Gasteiger partial charge is 0.164 e. The van der Waals surface area contributed by atoms with Gasteiger partial charge in [-0.05, 0) is 91.1 Å². The van der Waals surface area contributed by atoms with Crippen molar-refractivity contribution in [3.05, 3.63) is 89.3 Å². The summed E-state index contributed by atoms with van der Waals surface area (Å²) < 4.78 is 6.36. The fraction of sp³-hybridized carbons (Fsp3) is 0.442. The average molecular weight is 823 g/mol. The van der Waals surface area contributed by atoms with Crippen LogP contribution < -0.4 is 0 Å². The Morgan fingerprint density at radius 2 is 1.54 bits per heavy atom. The van der Waals surface area contributed by atoms with E-state index in [-0.39, 0.29) is 42.5 Å². The standard InChI is InChI=1S/C28H24NO.C15H28O2.Ir/c1-17-7-9-23-24-13-18(2)14-25(28(24)30-26(23)15-17)27-22-10-8-20(19-5-3-4-6-19)16-21(22)11-12-29-27;1-7-14(5,8-2)12(16)11-13(17)15(6,9-3)10-4;/h7-13,15-16,19H,3-6H2,1-2H3;11,16H,7-10H2,1-6H3;/q-1;;/b;12-11-;. The van der Waals surface area contributed by atoms with Crippen molar-refractivity contribution in [2.45, 2.75) is 113 Å². The predicted octanol–water partition coefficient (Wildman–Crippen LogP) is 12.5. The van der Waals surface area contributed by atoms with E-state index in [0.29, 0.717) is 5.92 Å². The number of aromatic nitrogens is 1. The van der Waals surface area contributed by atoms with Gasteiger partial charge in [-0.3, -0.25) is 4.79 Å². The van der Waals surface area contributed by atoms with Gasteiger partial charge in [-0.1, -0.05) is 103 Å². The van der Waals surface area contributed by atoms with Crippen LogP contribution in [0, 0.1) is 30.7 Å². The van der Waals surface area contributed by atoms with E-state index in [0.717, 1.165) is 64.4 Å². The molecule has 1 fully saturated rings. The van der Waals surface area contributed by atoms with E-state index in [1.54, 1.807) is 0 Å². The molecular weight excluding hydrogens is 771 g/mol. The molecule has 5 aromatic rings. The second-order valence-electron chi connectivity index (χ2n) is 14.2. The number of allylic oxidation sites excluding steroid dienone is 2. The topological polar surface area (TPSA) is 63.3 Å². The molecule has 3 aromatic carbocycles. The number of benzene rings is 3. The molecule has 2 heterocycles. The van der Waals surface area contributed by atoms with Gasteiger partial charge in [-0.15, -0.1) is 17.7 Å². The van der Waals surface area contributed by atoms with E-state index in [1.165, 1.54) is 53.7 Å². The Kier molecular flexibility index (Phi) is 12.1. The first-order valence-electron chi connectivity index (χ1n) is 17.7. The maximum Gasteiger partial charge on any atom is 0.164 e. The summed E-state index contributed by atoms with van der Waals surface area (Å²) in [7, 11) is 0. The number of hydrogen-bond acceptors (Lipinski definition) is 4. The molecule has 0 amide bonds. The van der Waals surface area contributed by atoms with Crippen LogP contribution in [0.2, 0.25) is 0 Å². The fourth-order valence-electron chi connectivity index (χ4n) is 6.82. The number of aryl methyl sites for hydroxylation is 2. The maximum absolute atomic E-state index is 12.2. The zero-order valence-corrected chi connectivity index (χ0v) is 32.4. The molecule has 6 rings (SSSR count). The van der Waals surface area contributed by atoms with Crippen LogP contribution in [0.1, 0.15) is 116 Å². The third kappa shape index (κ3) is 7.48. The molecule has 2 aromatic heterocycles. The molecule has 1 aliphatic carbocycles. The summed E-state index contributed by atoms with van der Waals surface area (Å²) in [4.78, 5) is 17.0. The molecule has 1 N–H and O–H groups in total. The maximum atomic E-state index is 12.2. The van der Waals surface area contributed by atoms with Crippen molar-refractivity contribution in [2.75, 3.05) is 0 Å². The summed E-state index contributed by atoms with van der Waals surface area (Å²) in [5.41, 5.74) is 6.88. The van der Waals surface area contributed by atoms with Crippen molar-refractivity contribution < 1.29 is 34.4 Å². The van der Waals surface area contributed by atoms with Crippen molar-refractivity contribution in [3.63, 3.8) is 0 Å². The molecule has 48 heavy (non-hydrogen) atoms. The van der Waals surface area contributed by atoms with Crippen LogP contribution in [0.15, 0.2) is 71.0 Å². The minimum absolute atomic E-state index is 0. The zero-order valence-electron chi connectivity index (χ0n) is 30.1. The second kappa shape index (κ2) is 15.5. The number of ketones is 1. The molecule has 0 unspecified atom stereocenters. The Balaban J connectivity index is 0.000000251. The van der Waals surface area contributed by atoms with E-state index in [9.17, 15) is 9.90 Å². The Labute approximate surface area is 300 Å². The van der Waals surface area contributed by atoms with Crippen molar-refractivity contribution in [1.29, 1.82) is 0 Å². The summed E-state index contributed by atoms with van der Waals surface area (Å²) in [5.74, 6) is 0.996. The van der Waals surface area contributed by atoms with Gasteiger partial charge in [0.2, 0.25) is 0 Å². The number of aliphatic hydroxyl groups is 1. The van der Waals surface area contributed by atoms with Gasteiger partial charge >= 0.3 is 0 Å². The molecule has 4 nitrogen and oxygen atoms in total. The first-order valence-corrected chi connectivity index (χ1v) is 17.7. The fourth-order valence-corrected chi connectivity index (χ4v) is 6.82. The number of carbonyl (C=O) groups is 1. The van der Waals surface area contributed by atoms with Gasteiger partial charge in [-0.2, -0.15) is 0 Å². The molecule has 1 aliphatic rings. The number of hydrogen-bond donors (Lipinski definition) is 1. The van der Waals surface area contributed by atoms with E-state index in [4.69, 9.17) is 9.40 Å². The summed E-state index contributed by atoms with van der Waals surface area (Å²) >= 11 is 0. The van der Waals surface area contributed by atoms with Gasteiger partial charge in [0, 0.05) is 48.6 Å². The molecule has 1 radical (unpaired) electrons. The van der Waals surface area contributed by atoms with Crippen molar-refractivity contribution in [3.8, 4) is 11.3 Å². The minimum Gasteiger partial charge on any atom is -0.512 e. The van der Waals surface area contributed by atoms with Crippen molar-refractivity contribution in [2.24, 2.45) is 10.8 Å². The molecule has 0 aliphatic heterocycles. The number of rotatable bonds is 9. The third-order valence-corrected chi connectivity index (χ3v) is 11.2. The van der Waals surface area contributed by atoms with E-state index in [1.807, 2.05) is 47.7 Å². The minimum atomic E-state index is -0.337. The zero-order chi connectivity index (χ0) is 33.9. The number of fused-ring (bicyclic) bond motifs is 4. The number of furan rings is 1. The Morgan fingerprint density at radius 3 is 2.19 bits per heavy atom. The number of carbonyl (C=O) groups excluding carboxylic acids is 1. The van der Waals surface area contributed by atoms with Crippen LogP contribution in [0.25, 0.3) is 44.0 Å². The molecular formula is C43H52IrNO3-. The Hall–Kier alpha value is -3.27. The first-order chi connectivity index (χ1) is 22.5. The second-order valence-corrected chi connectivity index (χ2v) is 14.2. The van der Waals surface area contributed by atoms with Gasteiger partial charge in [0.15, 0.2) is 5.78 Å². The molecule has 257 valence electrons. The number of pyridine rings is 1. The number of aliphatic hydroxyl groups excluding tert-OH is 1. The van der Waals surface area contributed by atoms with Crippen molar-refractivity contribution >= 4 is 38.5 Å². The molecule has 0 bridgehead atoms. The summed E-state index contributed by atoms with van der Waals surface area (Å²) in [5, 5.41) is 14.8. The Bertz CT molecular complexity index is 1920. The van der Waals surface area contributed by atoms with Crippen LogP contribution in [0.5, 0.6) is 0 Å². The third-order valence-electron chi connectivity index (χ3n) is 11.2. The van der Waals surface area contributed by atoms with Crippen LogP contribution in [-0.4, -0.2) is 15.9 Å². The van der Waals surface area contributed by atoms with Gasteiger partial charge < -0.3 is 14.5 Å². The van der Waals surface area contributed by atoms with Gasteiger partial charge in [-0.25, -0.2) is 0 Å². The van der Waals surface area contributed by atoms with E-state index in [2.05, 4.69) is 68.4 Å². The molecule has 5 heteroatoms. The van der Waals surface area contributed by atoms with Gasteiger partial charge in [0.05, 0.1) is 5.58 Å². The average Bonchev–Trinajstić information content (AvgIpc) is 3.75. The Morgan fingerprint density at radius 1 is 0.896 bits per heavy atom. The van der Waals surface area contributed by atoms with E-state index >= 15 is 0 Å². The van der Waals surface area contributed by atoms with Crippen LogP contribution in [0.3, 0.4) is 0 Å². The van der Waals surface area contributed by atoms with Crippen molar-refractivity contribution in [1.82, 2.24) is 4.98 Å². The molecule has 0 atom stereocenters. The largest absolute Gasteiger partial charge is 0.512 e. The van der Waals surface area contributed by atoms with Gasteiger partial charge in [0.1, 0.15) is 11.3 Å². The summed E-state index contributed by atoms with van der Waals surface area (Å²) in [6.45, 7) is 16.3. The first kappa shape index (κ1) is 37.5. The van der Waals surface area contributed by atoms with Gasteiger partial charge in [0.25, 0.3) is 0 Å². The monoisotopic (exact) mass is 823 g/mol. The summed E-state index contributed by atoms with van der Waals surface area (Å²) in [6, 6.07) is 21.2. The summed E-state index contributed by atoms with van der Waals surface area (Å²) in [6.07, 6.45) is 12.0. The SMILES string of the molecule is CCC(C)(CC)C(=O)/C=C(\O)C(C)(CC)CC.Cc1[c-]c(-c2nccc3cc(C4CCCC4)ccc23)c2oc3cc(C)ccc3c2c1.[Ir]. The predicted molar refractivity (Wildman–Crippen MR) is 197 cm³/mol. The molecule has 0 spiro atoms. The quantitative estimate of drug-likeness (QED) is 0.0914. The molecule has 1 saturated carbocycles. The number of nitrogens with zero attached hydrogens (tertiary/aromatic N) is 1. The normalized spacial score (nSPS) is 14.3. The van der Waals surface area contributed by atoms with Crippen LogP contribution >= 0.6 is 0 Å². The van der Waals surface area contributed by atoms with Crippen LogP contribution in [-0.2, 0) is 24.9 Å². The van der Waals surface area contributed by atoms with Crippen LogP contribution in [0.4, 0.5) is 0 Å².